The molecule has 0 radical (unpaired) electrons. The van der Waals surface area contributed by atoms with Gasteiger partial charge >= 0.3 is 0 Å². The van der Waals surface area contributed by atoms with Gasteiger partial charge in [0.2, 0.25) is 0 Å². The lowest BCUT2D eigenvalue weighted by Crippen LogP contribution is -2.35. The second kappa shape index (κ2) is 8.11. The molecule has 1 aliphatic heterocycles. The van der Waals surface area contributed by atoms with Crippen molar-refractivity contribution >= 4 is 0 Å². The van der Waals surface area contributed by atoms with Crippen LogP contribution in [-0.4, -0.2) is 24.5 Å². The summed E-state index contributed by atoms with van der Waals surface area (Å²) in [5, 5.41) is 3.47. The molecule has 22 heavy (non-hydrogen) atoms. The summed E-state index contributed by atoms with van der Waals surface area (Å²) >= 11 is 0. The summed E-state index contributed by atoms with van der Waals surface area (Å²) in [4.78, 5) is 2.61. The monoisotopic (exact) mass is 294 g/mol. The van der Waals surface area contributed by atoms with Crippen molar-refractivity contribution in [2.75, 3.05) is 19.6 Å². The first-order chi connectivity index (χ1) is 10.9. The Bertz CT molecular complexity index is 491. The molecule has 0 saturated carbocycles. The van der Waals surface area contributed by atoms with Crippen molar-refractivity contribution in [1.82, 2.24) is 10.2 Å². The van der Waals surface area contributed by atoms with Crippen LogP contribution in [0.25, 0.3) is 0 Å². The maximum atomic E-state index is 3.47. The van der Waals surface area contributed by atoms with E-state index in [1.54, 1.807) is 0 Å². The fourth-order valence-corrected chi connectivity index (χ4v) is 3.30. The Balaban J connectivity index is 1.66. The largest absolute Gasteiger partial charge is 0.317 e. The van der Waals surface area contributed by atoms with E-state index in [1.165, 1.54) is 43.6 Å². The SMILES string of the molecule is c1ccc(CN(Cc2ccccc2)CC2CCNCC2)cc1. The topological polar surface area (TPSA) is 15.3 Å². The van der Waals surface area contributed by atoms with Gasteiger partial charge in [0.25, 0.3) is 0 Å². The minimum Gasteiger partial charge on any atom is -0.317 e. The van der Waals surface area contributed by atoms with E-state index in [0.29, 0.717) is 0 Å². The molecule has 1 fully saturated rings. The van der Waals surface area contributed by atoms with Gasteiger partial charge in [0.15, 0.2) is 0 Å². The molecular weight excluding hydrogens is 268 g/mol. The molecule has 3 rings (SSSR count). The Morgan fingerprint density at radius 1 is 0.773 bits per heavy atom. The smallest absolute Gasteiger partial charge is 0.0237 e. The van der Waals surface area contributed by atoms with Gasteiger partial charge in [0.05, 0.1) is 0 Å². The van der Waals surface area contributed by atoms with Crippen molar-refractivity contribution in [1.29, 1.82) is 0 Å². The summed E-state index contributed by atoms with van der Waals surface area (Å²) in [6.07, 6.45) is 2.61. The average molecular weight is 294 g/mol. The number of hydrogen-bond donors (Lipinski definition) is 1. The summed E-state index contributed by atoms with van der Waals surface area (Å²) in [6.45, 7) is 5.63. The van der Waals surface area contributed by atoms with Gasteiger partial charge < -0.3 is 5.32 Å². The second-order valence-electron chi connectivity index (χ2n) is 6.33. The van der Waals surface area contributed by atoms with E-state index in [9.17, 15) is 0 Å². The van der Waals surface area contributed by atoms with Crippen LogP contribution in [0, 0.1) is 5.92 Å². The first kappa shape index (κ1) is 15.3. The van der Waals surface area contributed by atoms with Crippen LogP contribution in [0.4, 0.5) is 0 Å². The van der Waals surface area contributed by atoms with Gasteiger partial charge in [0, 0.05) is 19.6 Å². The third-order valence-electron chi connectivity index (χ3n) is 4.47. The molecule has 1 N–H and O–H groups in total. The van der Waals surface area contributed by atoms with Gasteiger partial charge in [-0.25, -0.2) is 0 Å². The molecule has 0 atom stereocenters. The van der Waals surface area contributed by atoms with E-state index < -0.39 is 0 Å². The van der Waals surface area contributed by atoms with Crippen LogP contribution < -0.4 is 5.32 Å². The van der Waals surface area contributed by atoms with Crippen molar-refractivity contribution in [2.24, 2.45) is 5.92 Å². The fraction of sp³-hybridized carbons (Fsp3) is 0.400. The highest BCUT2D eigenvalue weighted by Gasteiger charge is 2.17. The summed E-state index contributed by atoms with van der Waals surface area (Å²) in [5.74, 6) is 0.827. The molecule has 1 saturated heterocycles. The number of piperidine rings is 1. The van der Waals surface area contributed by atoms with Gasteiger partial charge in [-0.05, 0) is 43.0 Å². The van der Waals surface area contributed by atoms with E-state index in [4.69, 9.17) is 0 Å². The Morgan fingerprint density at radius 3 is 1.77 bits per heavy atom. The van der Waals surface area contributed by atoms with Gasteiger partial charge in [-0.3, -0.25) is 4.90 Å². The highest BCUT2D eigenvalue weighted by atomic mass is 15.1. The molecule has 2 nitrogen and oxygen atoms in total. The number of nitrogens with one attached hydrogen (secondary N) is 1. The number of benzene rings is 2. The molecule has 2 aromatic carbocycles. The zero-order valence-corrected chi connectivity index (χ0v) is 13.2. The van der Waals surface area contributed by atoms with Crippen LogP contribution >= 0.6 is 0 Å². The van der Waals surface area contributed by atoms with Gasteiger partial charge in [0.1, 0.15) is 0 Å². The molecule has 0 bridgehead atoms. The van der Waals surface area contributed by atoms with Gasteiger partial charge in [-0.1, -0.05) is 60.7 Å². The standard InChI is InChI=1S/C20H26N2/c1-3-7-18(8-4-1)15-22(16-19-9-5-2-6-10-19)17-20-11-13-21-14-12-20/h1-10,20-21H,11-17H2. The van der Waals surface area contributed by atoms with Gasteiger partial charge in [-0.15, -0.1) is 0 Å². The molecule has 1 heterocycles. The third kappa shape index (κ3) is 4.69. The lowest BCUT2D eigenvalue weighted by atomic mass is 9.97. The lowest BCUT2D eigenvalue weighted by Gasteiger charge is -2.30. The van der Waals surface area contributed by atoms with Gasteiger partial charge in [-0.2, -0.15) is 0 Å². The minimum absolute atomic E-state index is 0.827. The molecule has 1 aliphatic rings. The van der Waals surface area contributed by atoms with E-state index >= 15 is 0 Å². The minimum atomic E-state index is 0.827. The quantitative estimate of drug-likeness (QED) is 0.874. The Morgan fingerprint density at radius 2 is 1.27 bits per heavy atom. The Labute approximate surface area is 134 Å². The average Bonchev–Trinajstić information content (AvgIpc) is 2.57. The first-order valence-electron chi connectivity index (χ1n) is 8.41. The molecular formula is C20H26N2. The Hall–Kier alpha value is -1.64. The highest BCUT2D eigenvalue weighted by molar-refractivity contribution is 5.17. The van der Waals surface area contributed by atoms with Crippen LogP contribution in [-0.2, 0) is 13.1 Å². The van der Waals surface area contributed by atoms with E-state index in [2.05, 4.69) is 70.9 Å². The second-order valence-corrected chi connectivity index (χ2v) is 6.33. The van der Waals surface area contributed by atoms with Crippen LogP contribution in [0.2, 0.25) is 0 Å². The summed E-state index contributed by atoms with van der Waals surface area (Å²) in [5.41, 5.74) is 2.82. The maximum Gasteiger partial charge on any atom is 0.0237 e. The number of hydrogen-bond acceptors (Lipinski definition) is 2. The number of rotatable bonds is 6. The van der Waals surface area contributed by atoms with Crippen LogP contribution in [0.3, 0.4) is 0 Å². The third-order valence-corrected chi connectivity index (χ3v) is 4.47. The van der Waals surface area contributed by atoms with Crippen molar-refractivity contribution < 1.29 is 0 Å². The number of nitrogens with zero attached hydrogens (tertiary/aromatic N) is 1. The van der Waals surface area contributed by atoms with Crippen molar-refractivity contribution in [3.8, 4) is 0 Å². The molecule has 0 aromatic heterocycles. The summed E-state index contributed by atoms with van der Waals surface area (Å²) in [7, 11) is 0. The van der Waals surface area contributed by atoms with Crippen LogP contribution in [0.5, 0.6) is 0 Å². The van der Waals surface area contributed by atoms with Crippen molar-refractivity contribution in [3.63, 3.8) is 0 Å². The van der Waals surface area contributed by atoms with Crippen LogP contribution in [0.15, 0.2) is 60.7 Å². The van der Waals surface area contributed by atoms with Crippen LogP contribution in [0.1, 0.15) is 24.0 Å². The summed E-state index contributed by atoms with van der Waals surface area (Å²) < 4.78 is 0. The summed E-state index contributed by atoms with van der Waals surface area (Å²) in [6, 6.07) is 21.7. The molecule has 0 amide bonds. The zero-order chi connectivity index (χ0) is 15.0. The van der Waals surface area contributed by atoms with E-state index in [-0.39, 0.29) is 0 Å². The molecule has 0 unspecified atom stereocenters. The first-order valence-corrected chi connectivity index (χ1v) is 8.41. The van der Waals surface area contributed by atoms with Crippen molar-refractivity contribution in [3.05, 3.63) is 71.8 Å². The maximum absolute atomic E-state index is 3.47. The molecule has 0 spiro atoms. The molecule has 2 heteroatoms. The highest BCUT2D eigenvalue weighted by Crippen LogP contribution is 2.17. The molecule has 0 aliphatic carbocycles. The fourth-order valence-electron chi connectivity index (χ4n) is 3.30. The Kier molecular flexibility index (Phi) is 5.63. The van der Waals surface area contributed by atoms with Crippen molar-refractivity contribution in [2.45, 2.75) is 25.9 Å². The van der Waals surface area contributed by atoms with E-state index in [1.807, 2.05) is 0 Å². The molecule has 116 valence electrons. The lowest BCUT2D eigenvalue weighted by molar-refractivity contribution is 0.191. The predicted molar refractivity (Wildman–Crippen MR) is 92.6 cm³/mol. The molecule has 2 aromatic rings. The van der Waals surface area contributed by atoms with E-state index in [0.717, 1.165) is 19.0 Å². The normalized spacial score (nSPS) is 16.0. The zero-order valence-electron chi connectivity index (χ0n) is 13.2. The predicted octanol–water partition coefficient (Wildman–Crippen LogP) is 3.69.